The zero-order chi connectivity index (χ0) is 21.0. The van der Waals surface area contributed by atoms with E-state index in [4.69, 9.17) is 4.98 Å². The molecule has 2 fully saturated rings. The van der Waals surface area contributed by atoms with Crippen molar-refractivity contribution >= 4 is 38.5 Å². The highest BCUT2D eigenvalue weighted by atomic mass is 79.9. The Hall–Kier alpha value is -1.10. The van der Waals surface area contributed by atoms with Gasteiger partial charge in [0.05, 0.1) is 32.0 Å². The molecular weight excluding hydrogens is 456 g/mol. The number of nitrogens with zero attached hydrogens (tertiary/aromatic N) is 5. The first kappa shape index (κ1) is 21.1. The molecule has 4 rings (SSSR count). The van der Waals surface area contributed by atoms with Crippen LogP contribution in [0.5, 0.6) is 0 Å². The van der Waals surface area contributed by atoms with Gasteiger partial charge in [-0.25, -0.2) is 18.3 Å². The summed E-state index contributed by atoms with van der Waals surface area (Å²) < 4.78 is 18.5. The minimum Gasteiger partial charge on any atom is -0.393 e. The molecule has 1 saturated heterocycles. The molecule has 3 heterocycles. The van der Waals surface area contributed by atoms with Crippen molar-refractivity contribution in [2.75, 3.05) is 18.0 Å². The van der Waals surface area contributed by atoms with E-state index in [0.717, 1.165) is 54.1 Å². The van der Waals surface area contributed by atoms with Crippen molar-refractivity contribution in [3.63, 3.8) is 0 Å². The number of halogens is 1. The zero-order valence-electron chi connectivity index (χ0n) is 17.4. The van der Waals surface area contributed by atoms with Crippen LogP contribution in [0, 0.1) is 12.3 Å². The maximum atomic E-state index is 12.7. The zero-order valence-corrected chi connectivity index (χ0v) is 19.8. The fourth-order valence-corrected chi connectivity index (χ4v) is 5.89. The third-order valence-corrected chi connectivity index (χ3v) is 8.82. The first-order chi connectivity index (χ1) is 13.6. The van der Waals surface area contributed by atoms with Crippen LogP contribution >= 0.6 is 15.9 Å². The number of hydrogen-bond acceptors (Lipinski definition) is 6. The first-order valence-corrected chi connectivity index (χ1v) is 12.0. The van der Waals surface area contributed by atoms with E-state index in [1.54, 1.807) is 6.33 Å². The van der Waals surface area contributed by atoms with E-state index in [0.29, 0.717) is 6.42 Å². The van der Waals surface area contributed by atoms with Crippen molar-refractivity contribution in [3.05, 3.63) is 16.5 Å². The maximum absolute atomic E-state index is 12.7. The Kier molecular flexibility index (Phi) is 5.50. The fraction of sp³-hybridized carbons (Fsp3) is 0.737. The van der Waals surface area contributed by atoms with Gasteiger partial charge in [-0.1, -0.05) is 0 Å². The van der Waals surface area contributed by atoms with Crippen molar-refractivity contribution in [2.45, 2.75) is 70.3 Å². The Labute approximate surface area is 182 Å². The summed E-state index contributed by atoms with van der Waals surface area (Å²) in [5.41, 5.74) is 1.62. The number of hydrogen-bond donors (Lipinski definition) is 2. The lowest BCUT2D eigenvalue weighted by atomic mass is 9.74. The van der Waals surface area contributed by atoms with Crippen LogP contribution in [0.2, 0.25) is 0 Å². The molecule has 1 spiro atoms. The second-order valence-electron chi connectivity index (χ2n) is 9.33. The normalized spacial score (nSPS) is 25.8. The molecule has 29 heavy (non-hydrogen) atoms. The quantitative estimate of drug-likeness (QED) is 0.693. The Morgan fingerprint density at radius 3 is 2.69 bits per heavy atom. The van der Waals surface area contributed by atoms with Crippen LogP contribution in [0.25, 0.3) is 5.65 Å². The van der Waals surface area contributed by atoms with Gasteiger partial charge in [-0.3, -0.25) is 0 Å². The number of rotatable bonds is 3. The highest BCUT2D eigenvalue weighted by Crippen LogP contribution is 2.47. The number of fused-ring (bicyclic) bond motifs is 1. The van der Waals surface area contributed by atoms with Crippen LogP contribution in [-0.2, 0) is 11.0 Å². The molecule has 2 aromatic heterocycles. The predicted molar refractivity (Wildman–Crippen MR) is 117 cm³/mol. The van der Waals surface area contributed by atoms with Gasteiger partial charge in [0.2, 0.25) is 5.95 Å². The lowest BCUT2D eigenvalue weighted by Crippen LogP contribution is -2.51. The van der Waals surface area contributed by atoms with E-state index in [9.17, 15) is 9.32 Å². The van der Waals surface area contributed by atoms with Crippen LogP contribution in [0.1, 0.15) is 52.1 Å². The predicted octanol–water partition coefficient (Wildman–Crippen LogP) is 2.36. The second-order valence-corrected chi connectivity index (χ2v) is 12.1. The van der Waals surface area contributed by atoms with Gasteiger partial charge in [-0.2, -0.15) is 0 Å². The smallest absolute Gasteiger partial charge is 0.212 e. The van der Waals surface area contributed by atoms with Crippen molar-refractivity contribution in [3.8, 4) is 0 Å². The van der Waals surface area contributed by atoms with Crippen molar-refractivity contribution in [1.29, 1.82) is 0 Å². The monoisotopic (exact) mass is 484 g/mol. The van der Waals surface area contributed by atoms with Crippen molar-refractivity contribution in [1.82, 2.24) is 24.3 Å². The molecule has 1 aliphatic carbocycles. The summed E-state index contributed by atoms with van der Waals surface area (Å²) in [5.74, 6) is 0.849. The molecule has 2 aliphatic rings. The summed E-state index contributed by atoms with van der Waals surface area (Å²) in [6, 6.07) is 0.0641. The highest BCUT2D eigenvalue weighted by molar-refractivity contribution is 9.10. The van der Waals surface area contributed by atoms with Crippen LogP contribution in [0.4, 0.5) is 5.95 Å². The number of aliphatic hydroxyl groups is 1. The van der Waals surface area contributed by atoms with Gasteiger partial charge < -0.3 is 10.0 Å². The molecule has 8 nitrogen and oxygen atoms in total. The molecule has 1 saturated carbocycles. The maximum Gasteiger partial charge on any atom is 0.212 e. The summed E-state index contributed by atoms with van der Waals surface area (Å²) in [7, 11) is -1.15. The van der Waals surface area contributed by atoms with E-state index in [1.165, 1.54) is 0 Å². The summed E-state index contributed by atoms with van der Waals surface area (Å²) in [6.07, 6.45) is 4.62. The molecule has 10 heteroatoms. The van der Waals surface area contributed by atoms with Gasteiger partial charge in [0, 0.05) is 19.1 Å². The Morgan fingerprint density at radius 2 is 2.03 bits per heavy atom. The molecular formula is C19H29BrN6O2S. The van der Waals surface area contributed by atoms with Gasteiger partial charge in [0.1, 0.15) is 6.33 Å². The molecule has 0 aromatic carbocycles. The lowest BCUT2D eigenvalue weighted by Gasteiger charge is -2.44. The standard InChI is InChI=1S/C19H29BrN6O2S/c1-12-15(20)16-23-21-11-26(16)17(22-12)25-7-5-19(6-8-25)10-13(27)9-14(19)24-29(28)18(2,3)4/h11,13-14,24,27H,5-10H2,1-4H3/t13-,14+,29+/m0/s1. The number of anilines is 1. The third-order valence-electron chi connectivity index (χ3n) is 6.28. The molecule has 0 amide bonds. The van der Waals surface area contributed by atoms with E-state index >= 15 is 0 Å². The van der Waals surface area contributed by atoms with Gasteiger partial charge in [0.15, 0.2) is 5.65 Å². The summed E-state index contributed by atoms with van der Waals surface area (Å²) in [5, 5.41) is 18.7. The van der Waals surface area contributed by atoms with Crippen LogP contribution in [0.15, 0.2) is 10.8 Å². The van der Waals surface area contributed by atoms with Crippen molar-refractivity contribution < 1.29 is 9.32 Å². The molecule has 2 aromatic rings. The molecule has 1 aliphatic heterocycles. The Bertz CT molecular complexity index is 935. The number of aromatic nitrogens is 4. The molecule has 2 N–H and O–H groups in total. The molecule has 0 radical (unpaired) electrons. The first-order valence-electron chi connectivity index (χ1n) is 10.1. The molecule has 0 bridgehead atoms. The number of nitrogens with one attached hydrogen (secondary N) is 1. The van der Waals surface area contributed by atoms with E-state index < -0.39 is 11.0 Å². The largest absolute Gasteiger partial charge is 0.393 e. The Morgan fingerprint density at radius 1 is 1.34 bits per heavy atom. The van der Waals surface area contributed by atoms with Gasteiger partial charge in [-0.05, 0) is 74.7 Å². The summed E-state index contributed by atoms with van der Waals surface area (Å²) >= 11 is 3.55. The van der Waals surface area contributed by atoms with E-state index in [2.05, 4.69) is 35.7 Å². The van der Waals surface area contributed by atoms with Gasteiger partial charge in [0.25, 0.3) is 0 Å². The minimum atomic E-state index is -1.15. The summed E-state index contributed by atoms with van der Waals surface area (Å²) in [4.78, 5) is 7.04. The number of aliphatic hydroxyl groups excluding tert-OH is 1. The number of aryl methyl sites for hydroxylation is 1. The number of piperidine rings is 1. The SMILES string of the molecule is Cc1nc(N2CCC3(CC2)C[C@@H](O)C[C@H]3N[S@](=O)C(C)(C)C)n2cnnc2c1Br. The van der Waals surface area contributed by atoms with Gasteiger partial charge in [-0.15, -0.1) is 10.2 Å². The minimum absolute atomic E-state index is 0.0342. The second kappa shape index (κ2) is 7.55. The Balaban J connectivity index is 1.55. The topological polar surface area (TPSA) is 95.7 Å². The average molecular weight is 485 g/mol. The van der Waals surface area contributed by atoms with E-state index in [-0.39, 0.29) is 22.3 Å². The molecule has 0 unspecified atom stereocenters. The van der Waals surface area contributed by atoms with Crippen LogP contribution in [-0.4, -0.2) is 58.9 Å². The fourth-order valence-electron chi connectivity index (χ4n) is 4.57. The summed E-state index contributed by atoms with van der Waals surface area (Å²) in [6.45, 7) is 9.54. The van der Waals surface area contributed by atoms with Crippen LogP contribution < -0.4 is 9.62 Å². The highest BCUT2D eigenvalue weighted by Gasteiger charge is 2.49. The van der Waals surface area contributed by atoms with E-state index in [1.807, 2.05) is 32.1 Å². The van der Waals surface area contributed by atoms with Crippen LogP contribution in [0.3, 0.4) is 0 Å². The third kappa shape index (κ3) is 3.84. The van der Waals surface area contributed by atoms with Crippen molar-refractivity contribution in [2.24, 2.45) is 5.41 Å². The van der Waals surface area contributed by atoms with Gasteiger partial charge >= 0.3 is 0 Å². The molecule has 160 valence electrons. The molecule has 3 atom stereocenters. The average Bonchev–Trinajstić information content (AvgIpc) is 3.24. The lowest BCUT2D eigenvalue weighted by molar-refractivity contribution is 0.139.